The van der Waals surface area contributed by atoms with Gasteiger partial charge in [-0.25, -0.2) is 0 Å². The quantitative estimate of drug-likeness (QED) is 0.483. The van der Waals surface area contributed by atoms with Crippen molar-refractivity contribution in [2.45, 2.75) is 32.8 Å². The van der Waals surface area contributed by atoms with Crippen LogP contribution in [0.25, 0.3) is 0 Å². The summed E-state index contributed by atoms with van der Waals surface area (Å²) in [5, 5.41) is 0. The van der Waals surface area contributed by atoms with Gasteiger partial charge in [-0.2, -0.15) is 0 Å². The summed E-state index contributed by atoms with van der Waals surface area (Å²) in [4.78, 5) is 12.6. The number of esters is 1. The molecule has 0 saturated heterocycles. The summed E-state index contributed by atoms with van der Waals surface area (Å²) in [6.45, 7) is 4.26. The predicted octanol–water partition coefficient (Wildman–Crippen LogP) is 6.02. The molecule has 0 amide bonds. The van der Waals surface area contributed by atoms with Gasteiger partial charge in [-0.3, -0.25) is 4.79 Å². The molecule has 3 nitrogen and oxygen atoms in total. The van der Waals surface area contributed by atoms with Crippen LogP contribution in [0.15, 0.2) is 78.9 Å². The molecule has 0 N–H and O–H groups in total. The van der Waals surface area contributed by atoms with Gasteiger partial charge in [0, 0.05) is 0 Å². The fourth-order valence-electron chi connectivity index (χ4n) is 2.92. The summed E-state index contributed by atoms with van der Waals surface area (Å²) >= 11 is 0. The average molecular weight is 360 g/mol. The first-order valence-electron chi connectivity index (χ1n) is 9.20. The first-order chi connectivity index (χ1) is 13.2. The summed E-state index contributed by atoms with van der Waals surface area (Å²) in [5.41, 5.74) is 3.07. The van der Waals surface area contributed by atoms with Crippen LogP contribution >= 0.6 is 0 Å². The molecule has 0 spiro atoms. The number of hydrogen-bond donors (Lipinski definition) is 0. The van der Waals surface area contributed by atoms with E-state index in [4.69, 9.17) is 9.47 Å². The molecule has 0 aliphatic heterocycles. The highest BCUT2D eigenvalue weighted by atomic mass is 16.5. The lowest BCUT2D eigenvalue weighted by atomic mass is 9.96. The maximum Gasteiger partial charge on any atom is 0.313 e. The molecule has 0 heterocycles. The maximum atomic E-state index is 12.6. The number of carbonyl (C=O) groups excluding carboxylic acids is 1. The Morgan fingerprint density at radius 1 is 0.889 bits per heavy atom. The van der Waals surface area contributed by atoms with Crippen LogP contribution in [0, 0.1) is 6.92 Å². The molecule has 3 aromatic rings. The Bertz CT molecular complexity index is 870. The van der Waals surface area contributed by atoms with E-state index in [1.807, 2.05) is 92.7 Å². The third-order valence-electron chi connectivity index (χ3n) is 4.43. The van der Waals surface area contributed by atoms with Gasteiger partial charge in [-0.05, 0) is 48.7 Å². The predicted molar refractivity (Wildman–Crippen MR) is 107 cm³/mol. The number of rotatable bonds is 7. The third-order valence-corrected chi connectivity index (χ3v) is 4.43. The smallest absolute Gasteiger partial charge is 0.313 e. The second-order valence-electron chi connectivity index (χ2n) is 6.54. The van der Waals surface area contributed by atoms with Crippen LogP contribution in [0.2, 0.25) is 0 Å². The van der Waals surface area contributed by atoms with Crippen molar-refractivity contribution in [3.63, 3.8) is 0 Å². The molecule has 0 aromatic heterocycles. The summed E-state index contributed by atoms with van der Waals surface area (Å²) in [7, 11) is 0. The van der Waals surface area contributed by atoms with Crippen LogP contribution in [-0.4, -0.2) is 5.97 Å². The molecule has 0 saturated carbocycles. The normalized spacial score (nSPS) is 11.6. The minimum Gasteiger partial charge on any atom is -0.460 e. The Balaban J connectivity index is 1.62. The van der Waals surface area contributed by atoms with E-state index in [0.717, 1.165) is 22.6 Å². The molecule has 3 aromatic carbocycles. The number of benzene rings is 3. The fraction of sp³-hybridized carbons (Fsp3) is 0.208. The number of hydrogen-bond acceptors (Lipinski definition) is 3. The first-order valence-corrected chi connectivity index (χ1v) is 9.20. The Morgan fingerprint density at radius 3 is 2.30 bits per heavy atom. The fourth-order valence-corrected chi connectivity index (χ4v) is 2.92. The molecule has 3 rings (SSSR count). The minimum absolute atomic E-state index is 0.198. The molecule has 0 bridgehead atoms. The minimum atomic E-state index is -0.241. The SMILES string of the molecule is CCC(C(=O)OCc1cccc(Oc2ccccc2)c1)c1ccc(C)cc1. The molecule has 138 valence electrons. The van der Waals surface area contributed by atoms with Crippen molar-refractivity contribution >= 4 is 5.97 Å². The lowest BCUT2D eigenvalue weighted by Gasteiger charge is -2.15. The molecular formula is C24H24O3. The topological polar surface area (TPSA) is 35.5 Å². The maximum absolute atomic E-state index is 12.6. The molecule has 1 unspecified atom stereocenters. The van der Waals surface area contributed by atoms with Crippen molar-refractivity contribution < 1.29 is 14.3 Å². The van der Waals surface area contributed by atoms with Crippen molar-refractivity contribution in [2.24, 2.45) is 0 Å². The van der Waals surface area contributed by atoms with Crippen molar-refractivity contribution in [3.8, 4) is 11.5 Å². The summed E-state index contributed by atoms with van der Waals surface area (Å²) in [5.74, 6) is 1.06. The third kappa shape index (κ3) is 5.20. The first kappa shape index (κ1) is 18.7. The van der Waals surface area contributed by atoms with Crippen LogP contribution in [0.5, 0.6) is 11.5 Å². The highest BCUT2D eigenvalue weighted by Crippen LogP contribution is 2.24. The van der Waals surface area contributed by atoms with Crippen LogP contribution < -0.4 is 4.74 Å². The summed E-state index contributed by atoms with van der Waals surface area (Å²) in [6.07, 6.45) is 0.707. The van der Waals surface area contributed by atoms with Crippen LogP contribution in [0.3, 0.4) is 0 Å². The second-order valence-corrected chi connectivity index (χ2v) is 6.54. The summed E-state index contributed by atoms with van der Waals surface area (Å²) < 4.78 is 11.4. The Kier molecular flexibility index (Phi) is 6.26. The Hall–Kier alpha value is -3.07. The largest absolute Gasteiger partial charge is 0.460 e. The van der Waals surface area contributed by atoms with E-state index in [1.165, 1.54) is 5.56 Å². The van der Waals surface area contributed by atoms with Gasteiger partial charge in [0.05, 0.1) is 5.92 Å². The van der Waals surface area contributed by atoms with Crippen molar-refractivity contribution in [2.75, 3.05) is 0 Å². The molecular weight excluding hydrogens is 336 g/mol. The van der Waals surface area contributed by atoms with Crippen molar-refractivity contribution in [1.29, 1.82) is 0 Å². The zero-order chi connectivity index (χ0) is 19.1. The van der Waals surface area contributed by atoms with E-state index in [0.29, 0.717) is 6.42 Å². The molecule has 27 heavy (non-hydrogen) atoms. The van der Waals surface area contributed by atoms with E-state index in [-0.39, 0.29) is 18.5 Å². The van der Waals surface area contributed by atoms with Crippen molar-refractivity contribution in [1.82, 2.24) is 0 Å². The van der Waals surface area contributed by atoms with Crippen molar-refractivity contribution in [3.05, 3.63) is 95.6 Å². The second kappa shape index (κ2) is 9.04. The van der Waals surface area contributed by atoms with Gasteiger partial charge in [0.1, 0.15) is 18.1 Å². The van der Waals surface area contributed by atoms with Gasteiger partial charge in [-0.1, -0.05) is 67.1 Å². The Labute approximate surface area is 160 Å². The van der Waals surface area contributed by atoms with Crippen LogP contribution in [0.4, 0.5) is 0 Å². The van der Waals surface area contributed by atoms with Gasteiger partial charge < -0.3 is 9.47 Å². The van der Waals surface area contributed by atoms with E-state index < -0.39 is 0 Å². The van der Waals surface area contributed by atoms with Gasteiger partial charge in [0.2, 0.25) is 0 Å². The van der Waals surface area contributed by atoms with E-state index in [9.17, 15) is 4.79 Å². The zero-order valence-corrected chi connectivity index (χ0v) is 15.7. The van der Waals surface area contributed by atoms with Gasteiger partial charge in [-0.15, -0.1) is 0 Å². The molecule has 1 atom stereocenters. The standard InChI is InChI=1S/C24H24O3/c1-3-23(20-14-12-18(2)13-15-20)24(25)26-17-19-8-7-11-22(16-19)27-21-9-5-4-6-10-21/h4-16,23H,3,17H2,1-2H3. The van der Waals surface area contributed by atoms with Gasteiger partial charge >= 0.3 is 5.97 Å². The molecule has 3 heteroatoms. The Morgan fingerprint density at radius 2 is 1.59 bits per heavy atom. The van der Waals surface area contributed by atoms with Gasteiger partial charge in [0.25, 0.3) is 0 Å². The lowest BCUT2D eigenvalue weighted by molar-refractivity contribution is -0.146. The highest BCUT2D eigenvalue weighted by Gasteiger charge is 2.20. The number of carbonyl (C=O) groups is 1. The molecule has 0 radical (unpaired) electrons. The summed E-state index contributed by atoms with van der Waals surface area (Å²) in [6, 6.07) is 25.3. The van der Waals surface area contributed by atoms with E-state index >= 15 is 0 Å². The van der Waals surface area contributed by atoms with Crippen LogP contribution in [0.1, 0.15) is 36.0 Å². The number of ether oxygens (including phenoxy) is 2. The molecule has 0 aliphatic rings. The lowest BCUT2D eigenvalue weighted by Crippen LogP contribution is -2.15. The van der Waals surface area contributed by atoms with Gasteiger partial charge in [0.15, 0.2) is 0 Å². The highest BCUT2D eigenvalue weighted by molar-refractivity contribution is 5.78. The van der Waals surface area contributed by atoms with E-state index in [2.05, 4.69) is 0 Å². The number of para-hydroxylation sites is 1. The van der Waals surface area contributed by atoms with E-state index in [1.54, 1.807) is 0 Å². The number of aryl methyl sites for hydroxylation is 1. The van der Waals surface area contributed by atoms with Crippen LogP contribution in [-0.2, 0) is 16.1 Å². The molecule has 0 aliphatic carbocycles. The monoisotopic (exact) mass is 360 g/mol. The average Bonchev–Trinajstić information content (AvgIpc) is 2.69. The molecule has 0 fully saturated rings. The zero-order valence-electron chi connectivity index (χ0n) is 15.7.